The van der Waals surface area contributed by atoms with E-state index in [0.717, 1.165) is 6.42 Å². The zero-order valence-electron chi connectivity index (χ0n) is 7.67. The number of hydrogen-bond donors (Lipinski definition) is 3. The summed E-state index contributed by atoms with van der Waals surface area (Å²) in [6.07, 6.45) is 1.34. The summed E-state index contributed by atoms with van der Waals surface area (Å²) < 4.78 is 0. The van der Waals surface area contributed by atoms with Gasteiger partial charge in [0.1, 0.15) is 0 Å². The van der Waals surface area contributed by atoms with Gasteiger partial charge in [-0.05, 0) is 13.3 Å². The molecule has 0 saturated carbocycles. The molecule has 74 valence electrons. The van der Waals surface area contributed by atoms with Crippen molar-refractivity contribution in [3.05, 3.63) is 0 Å². The van der Waals surface area contributed by atoms with Gasteiger partial charge >= 0.3 is 0 Å². The van der Waals surface area contributed by atoms with E-state index >= 15 is 0 Å². The fourth-order valence-electron chi connectivity index (χ4n) is 1.22. The van der Waals surface area contributed by atoms with E-state index in [-0.39, 0.29) is 17.9 Å². The molecule has 13 heavy (non-hydrogen) atoms. The lowest BCUT2D eigenvalue weighted by molar-refractivity contribution is -0.122. The van der Waals surface area contributed by atoms with E-state index in [1.54, 1.807) is 6.92 Å². The first-order chi connectivity index (χ1) is 6.09. The highest BCUT2D eigenvalue weighted by Crippen LogP contribution is 2.04. The molecule has 2 amide bonds. The Bertz CT molecular complexity index is 215. The van der Waals surface area contributed by atoms with Gasteiger partial charge in [-0.25, -0.2) is 0 Å². The third-order valence-corrected chi connectivity index (χ3v) is 2.02. The molecule has 0 aliphatic carbocycles. The van der Waals surface area contributed by atoms with E-state index in [4.69, 9.17) is 5.73 Å². The highest BCUT2D eigenvalue weighted by atomic mass is 16.2. The Morgan fingerprint density at radius 2 is 2.54 bits per heavy atom. The number of nitrogens with two attached hydrogens (primary N) is 1. The molecule has 4 N–H and O–H groups in total. The lowest BCUT2D eigenvalue weighted by Crippen LogP contribution is -2.44. The van der Waals surface area contributed by atoms with Crippen molar-refractivity contribution in [3.63, 3.8) is 0 Å². The minimum atomic E-state index is -0.489. The van der Waals surface area contributed by atoms with Crippen molar-refractivity contribution in [2.75, 3.05) is 6.54 Å². The summed E-state index contributed by atoms with van der Waals surface area (Å²) in [6.45, 7) is 2.11. The zero-order chi connectivity index (χ0) is 9.84. The molecule has 1 rings (SSSR count). The predicted molar refractivity (Wildman–Crippen MR) is 47.8 cm³/mol. The van der Waals surface area contributed by atoms with Crippen LogP contribution in [0.15, 0.2) is 0 Å². The number of nitrogens with one attached hydrogen (secondary N) is 2. The van der Waals surface area contributed by atoms with Crippen molar-refractivity contribution >= 4 is 11.8 Å². The minimum Gasteiger partial charge on any atom is -0.353 e. The van der Waals surface area contributed by atoms with Gasteiger partial charge in [-0.15, -0.1) is 0 Å². The molecule has 5 nitrogen and oxygen atoms in total. The van der Waals surface area contributed by atoms with Crippen LogP contribution in [0.5, 0.6) is 0 Å². The second-order valence-electron chi connectivity index (χ2n) is 3.34. The van der Waals surface area contributed by atoms with E-state index in [1.807, 2.05) is 0 Å². The van der Waals surface area contributed by atoms with Crippen LogP contribution in [-0.4, -0.2) is 30.4 Å². The predicted octanol–water partition coefficient (Wildman–Crippen LogP) is -1.27. The van der Waals surface area contributed by atoms with Gasteiger partial charge in [-0.3, -0.25) is 9.59 Å². The first-order valence-corrected chi connectivity index (χ1v) is 4.42. The van der Waals surface area contributed by atoms with Crippen molar-refractivity contribution < 1.29 is 9.59 Å². The molecule has 0 aromatic rings. The van der Waals surface area contributed by atoms with Crippen LogP contribution < -0.4 is 16.4 Å². The van der Waals surface area contributed by atoms with Crippen molar-refractivity contribution in [2.24, 2.45) is 5.73 Å². The molecule has 0 aromatic carbocycles. The van der Waals surface area contributed by atoms with E-state index in [1.165, 1.54) is 0 Å². The van der Waals surface area contributed by atoms with E-state index in [9.17, 15) is 9.59 Å². The van der Waals surface area contributed by atoms with Crippen molar-refractivity contribution in [1.29, 1.82) is 0 Å². The number of hydrogen-bond acceptors (Lipinski definition) is 3. The summed E-state index contributed by atoms with van der Waals surface area (Å²) in [4.78, 5) is 21.8. The lowest BCUT2D eigenvalue weighted by Gasteiger charge is -2.12. The first-order valence-electron chi connectivity index (χ1n) is 4.42. The Morgan fingerprint density at radius 3 is 3.00 bits per heavy atom. The van der Waals surface area contributed by atoms with Crippen LogP contribution in [0, 0.1) is 0 Å². The summed E-state index contributed by atoms with van der Waals surface area (Å²) in [5.41, 5.74) is 5.35. The Balaban J connectivity index is 2.19. The second kappa shape index (κ2) is 4.23. The number of rotatable bonds is 3. The average molecular weight is 185 g/mol. The van der Waals surface area contributed by atoms with Crippen LogP contribution in [0.2, 0.25) is 0 Å². The Hall–Kier alpha value is -1.10. The van der Waals surface area contributed by atoms with E-state index in [2.05, 4.69) is 10.6 Å². The fourth-order valence-corrected chi connectivity index (χ4v) is 1.22. The summed E-state index contributed by atoms with van der Waals surface area (Å²) >= 11 is 0. The van der Waals surface area contributed by atoms with Gasteiger partial charge in [0.2, 0.25) is 11.8 Å². The molecule has 0 radical (unpaired) electrons. The molecule has 0 bridgehead atoms. The molecular weight excluding hydrogens is 170 g/mol. The van der Waals surface area contributed by atoms with Crippen LogP contribution >= 0.6 is 0 Å². The normalized spacial score (nSPS) is 23.8. The van der Waals surface area contributed by atoms with E-state index in [0.29, 0.717) is 13.0 Å². The Kier molecular flexibility index (Phi) is 3.25. The largest absolute Gasteiger partial charge is 0.353 e. The quantitative estimate of drug-likeness (QED) is 0.512. The van der Waals surface area contributed by atoms with Crippen LogP contribution in [0.1, 0.15) is 19.8 Å². The van der Waals surface area contributed by atoms with Gasteiger partial charge in [0.05, 0.1) is 6.04 Å². The van der Waals surface area contributed by atoms with Gasteiger partial charge < -0.3 is 16.4 Å². The van der Waals surface area contributed by atoms with Gasteiger partial charge in [-0.1, -0.05) is 0 Å². The molecule has 0 aromatic heterocycles. The molecule has 1 fully saturated rings. The number of amides is 2. The smallest absolute Gasteiger partial charge is 0.236 e. The van der Waals surface area contributed by atoms with Crippen LogP contribution in [0.4, 0.5) is 0 Å². The van der Waals surface area contributed by atoms with Crippen molar-refractivity contribution in [2.45, 2.75) is 31.8 Å². The fraction of sp³-hybridized carbons (Fsp3) is 0.750. The first kappa shape index (κ1) is 9.98. The highest BCUT2D eigenvalue weighted by molar-refractivity contribution is 5.81. The molecule has 1 aliphatic rings. The van der Waals surface area contributed by atoms with Gasteiger partial charge in [-0.2, -0.15) is 0 Å². The molecule has 5 heteroatoms. The lowest BCUT2D eigenvalue weighted by atomic mass is 10.2. The summed E-state index contributed by atoms with van der Waals surface area (Å²) in [6, 6.07) is -0.410. The standard InChI is InChI=1S/C8H15N3O2/c1-5(9)8(13)10-4-6-2-3-7(12)11-6/h5-6H,2-4,9H2,1H3,(H,10,13)(H,11,12). The summed E-state index contributed by atoms with van der Waals surface area (Å²) in [5, 5.41) is 5.42. The Morgan fingerprint density at radius 1 is 1.85 bits per heavy atom. The van der Waals surface area contributed by atoms with Crippen LogP contribution in [0.25, 0.3) is 0 Å². The van der Waals surface area contributed by atoms with Gasteiger partial charge in [0, 0.05) is 19.0 Å². The van der Waals surface area contributed by atoms with Gasteiger partial charge in [0.15, 0.2) is 0 Å². The molecule has 1 saturated heterocycles. The van der Waals surface area contributed by atoms with Crippen LogP contribution in [0.3, 0.4) is 0 Å². The number of carbonyl (C=O) groups excluding carboxylic acids is 2. The van der Waals surface area contributed by atoms with Gasteiger partial charge in [0.25, 0.3) is 0 Å². The summed E-state index contributed by atoms with van der Waals surface area (Å²) in [7, 11) is 0. The molecular formula is C8H15N3O2. The maximum atomic E-state index is 11.0. The molecule has 2 unspecified atom stereocenters. The Labute approximate surface area is 77.1 Å². The van der Waals surface area contributed by atoms with Crippen molar-refractivity contribution in [1.82, 2.24) is 10.6 Å². The summed E-state index contributed by atoms with van der Waals surface area (Å²) in [5.74, 6) is -0.124. The SMILES string of the molecule is CC(N)C(=O)NCC1CCC(=O)N1. The number of carbonyl (C=O) groups is 2. The minimum absolute atomic E-state index is 0.0556. The third kappa shape index (κ3) is 3.02. The zero-order valence-corrected chi connectivity index (χ0v) is 7.67. The maximum Gasteiger partial charge on any atom is 0.236 e. The highest BCUT2D eigenvalue weighted by Gasteiger charge is 2.21. The van der Waals surface area contributed by atoms with Crippen molar-refractivity contribution in [3.8, 4) is 0 Å². The second-order valence-corrected chi connectivity index (χ2v) is 3.34. The molecule has 1 heterocycles. The van der Waals surface area contributed by atoms with E-state index < -0.39 is 6.04 Å². The molecule has 0 spiro atoms. The molecule has 2 atom stereocenters. The molecule has 1 aliphatic heterocycles. The van der Waals surface area contributed by atoms with Crippen LogP contribution in [-0.2, 0) is 9.59 Å². The maximum absolute atomic E-state index is 11.0. The monoisotopic (exact) mass is 185 g/mol. The average Bonchev–Trinajstić information content (AvgIpc) is 2.47. The topological polar surface area (TPSA) is 84.2 Å². The third-order valence-electron chi connectivity index (χ3n) is 2.02.